The zero-order valence-electron chi connectivity index (χ0n) is 10.7. The summed E-state index contributed by atoms with van der Waals surface area (Å²) in [6, 6.07) is 3.59. The number of carbonyl (C=O) groups is 2. The number of rotatable bonds is 1. The first-order valence-electron chi connectivity index (χ1n) is 6.17. The van der Waals surface area contributed by atoms with Crippen molar-refractivity contribution in [1.82, 2.24) is 9.97 Å². The van der Waals surface area contributed by atoms with Crippen molar-refractivity contribution in [2.75, 3.05) is 0 Å². The number of aromatic nitrogens is 2. The van der Waals surface area contributed by atoms with E-state index in [-0.39, 0.29) is 23.0 Å². The van der Waals surface area contributed by atoms with Gasteiger partial charge < -0.3 is 0 Å². The lowest BCUT2D eigenvalue weighted by Crippen LogP contribution is -2.24. The van der Waals surface area contributed by atoms with E-state index in [0.717, 1.165) is 17.5 Å². The monoisotopic (exact) mass is 252 g/mol. The topological polar surface area (TPSA) is 59.9 Å². The third-order valence-electron chi connectivity index (χ3n) is 3.47. The predicted octanol–water partition coefficient (Wildman–Crippen LogP) is 2.12. The Morgan fingerprint density at radius 2 is 1.47 bits per heavy atom. The maximum absolute atomic E-state index is 12.4. The maximum atomic E-state index is 12.4. The van der Waals surface area contributed by atoms with Gasteiger partial charge in [-0.3, -0.25) is 9.59 Å². The summed E-state index contributed by atoms with van der Waals surface area (Å²) in [5, 5.41) is 0. The van der Waals surface area contributed by atoms with Crippen molar-refractivity contribution in [1.29, 1.82) is 0 Å². The molecule has 0 radical (unpaired) electrons. The highest BCUT2D eigenvalue weighted by Crippen LogP contribution is 2.27. The largest absolute Gasteiger partial charge is 0.287 e. The van der Waals surface area contributed by atoms with Crippen LogP contribution in [0.1, 0.15) is 50.2 Å². The third kappa shape index (κ3) is 1.60. The number of carbonyl (C=O) groups excluding carboxylic acids is 2. The molecule has 19 heavy (non-hydrogen) atoms. The molecule has 4 nitrogen and oxygen atoms in total. The zero-order valence-corrected chi connectivity index (χ0v) is 10.7. The Morgan fingerprint density at radius 1 is 0.947 bits per heavy atom. The molecule has 94 valence electrons. The molecule has 0 fully saturated rings. The van der Waals surface area contributed by atoms with Gasteiger partial charge in [-0.2, -0.15) is 0 Å². The Hall–Kier alpha value is -2.36. The molecule has 0 unspecified atom stereocenters. The molecule has 0 N–H and O–H groups in total. The summed E-state index contributed by atoms with van der Waals surface area (Å²) in [6.07, 6.45) is 3.69. The molecule has 4 heteroatoms. The smallest absolute Gasteiger partial charge is 0.214 e. The first-order chi connectivity index (χ1) is 9.13. The molecule has 1 aromatic heterocycles. The number of hydrogen-bond donors (Lipinski definition) is 0. The van der Waals surface area contributed by atoms with Crippen molar-refractivity contribution in [3.8, 4) is 0 Å². The number of fused-ring (bicyclic) bond motifs is 2. The molecule has 0 saturated carbocycles. The van der Waals surface area contributed by atoms with E-state index in [4.69, 9.17) is 0 Å². The Bertz CT molecular complexity index is 720. The molecule has 0 spiro atoms. The summed E-state index contributed by atoms with van der Waals surface area (Å²) in [5.74, 6) is -0.434. The quantitative estimate of drug-likeness (QED) is 0.665. The molecular formula is C15H12N2O2. The second kappa shape index (κ2) is 4.09. The van der Waals surface area contributed by atoms with Crippen LogP contribution in [0.2, 0.25) is 0 Å². The maximum Gasteiger partial charge on any atom is 0.214 e. The van der Waals surface area contributed by atoms with E-state index in [1.807, 2.05) is 19.9 Å². The average molecular weight is 252 g/mol. The summed E-state index contributed by atoms with van der Waals surface area (Å²) < 4.78 is 0. The summed E-state index contributed by atoms with van der Waals surface area (Å²) in [4.78, 5) is 32.7. The normalized spacial score (nSPS) is 13.2. The van der Waals surface area contributed by atoms with Crippen molar-refractivity contribution in [2.24, 2.45) is 0 Å². The van der Waals surface area contributed by atoms with E-state index >= 15 is 0 Å². The van der Waals surface area contributed by atoms with Crippen molar-refractivity contribution in [3.63, 3.8) is 0 Å². The summed E-state index contributed by atoms with van der Waals surface area (Å²) in [7, 11) is 0. The first kappa shape index (κ1) is 11.7. The molecule has 0 amide bonds. The van der Waals surface area contributed by atoms with E-state index in [9.17, 15) is 9.59 Å². The van der Waals surface area contributed by atoms with Crippen LogP contribution in [0.5, 0.6) is 0 Å². The minimum absolute atomic E-state index is 0.156. The van der Waals surface area contributed by atoms with Crippen LogP contribution in [0.15, 0.2) is 24.5 Å². The highest BCUT2D eigenvalue weighted by Gasteiger charge is 2.32. The standard InChI is InChI=1S/C15H12N2O2/c1-3-9-7-11-10(6-8(9)2)14(18)12-13(15(11)19)17-5-4-16-12/h4-7H,3H2,1-2H3. The van der Waals surface area contributed by atoms with Crippen LogP contribution in [-0.2, 0) is 6.42 Å². The van der Waals surface area contributed by atoms with Gasteiger partial charge in [0.15, 0.2) is 0 Å². The molecular weight excluding hydrogens is 240 g/mol. The van der Waals surface area contributed by atoms with Gasteiger partial charge in [0.1, 0.15) is 11.4 Å². The van der Waals surface area contributed by atoms with Gasteiger partial charge in [0.05, 0.1) is 0 Å². The number of benzene rings is 1. The molecule has 1 heterocycles. The number of nitrogens with zero attached hydrogens (tertiary/aromatic N) is 2. The molecule has 0 bridgehead atoms. The fourth-order valence-electron chi connectivity index (χ4n) is 2.43. The molecule has 1 aromatic carbocycles. The van der Waals surface area contributed by atoms with Gasteiger partial charge in [0.2, 0.25) is 11.6 Å². The lowest BCUT2D eigenvalue weighted by molar-refractivity contribution is 0.0971. The van der Waals surface area contributed by atoms with Crippen molar-refractivity contribution in [3.05, 3.63) is 58.2 Å². The van der Waals surface area contributed by atoms with Gasteiger partial charge in [-0.15, -0.1) is 0 Å². The fourth-order valence-corrected chi connectivity index (χ4v) is 2.43. The van der Waals surface area contributed by atoms with Crippen LogP contribution >= 0.6 is 0 Å². The molecule has 0 atom stereocenters. The van der Waals surface area contributed by atoms with Crippen LogP contribution in [0.3, 0.4) is 0 Å². The SMILES string of the molecule is CCc1cc2c(cc1C)C(=O)c1nccnc1C2=O. The summed E-state index contributed by atoms with van der Waals surface area (Å²) in [5.41, 5.74) is 3.30. The third-order valence-corrected chi connectivity index (χ3v) is 3.47. The number of ketones is 2. The van der Waals surface area contributed by atoms with Crippen molar-refractivity contribution in [2.45, 2.75) is 20.3 Å². The van der Waals surface area contributed by atoms with Gasteiger partial charge in [-0.05, 0) is 36.6 Å². The van der Waals surface area contributed by atoms with Gasteiger partial charge in [-0.25, -0.2) is 9.97 Å². The molecule has 2 aromatic rings. The van der Waals surface area contributed by atoms with E-state index in [2.05, 4.69) is 9.97 Å². The Balaban J connectivity index is 2.30. The first-order valence-corrected chi connectivity index (χ1v) is 6.17. The van der Waals surface area contributed by atoms with E-state index < -0.39 is 0 Å². The second-order valence-corrected chi connectivity index (χ2v) is 4.59. The Morgan fingerprint density at radius 3 is 2.00 bits per heavy atom. The van der Waals surface area contributed by atoms with Crippen LogP contribution in [0.25, 0.3) is 0 Å². The van der Waals surface area contributed by atoms with Gasteiger partial charge in [0.25, 0.3) is 0 Å². The van der Waals surface area contributed by atoms with Gasteiger partial charge >= 0.3 is 0 Å². The lowest BCUT2D eigenvalue weighted by atomic mass is 9.86. The van der Waals surface area contributed by atoms with Crippen LogP contribution in [-0.4, -0.2) is 21.5 Å². The Labute approximate surface area is 110 Å². The average Bonchev–Trinajstić information content (AvgIpc) is 2.44. The van der Waals surface area contributed by atoms with Crippen LogP contribution < -0.4 is 0 Å². The van der Waals surface area contributed by atoms with E-state index in [0.29, 0.717) is 11.1 Å². The number of aryl methyl sites for hydroxylation is 2. The highest BCUT2D eigenvalue weighted by atomic mass is 16.1. The molecule has 3 rings (SSSR count). The minimum Gasteiger partial charge on any atom is -0.287 e. The van der Waals surface area contributed by atoms with E-state index in [1.54, 1.807) is 6.07 Å². The number of hydrogen-bond acceptors (Lipinski definition) is 4. The fraction of sp³-hybridized carbons (Fsp3) is 0.200. The van der Waals surface area contributed by atoms with Gasteiger partial charge in [0, 0.05) is 23.5 Å². The predicted molar refractivity (Wildman–Crippen MR) is 69.5 cm³/mol. The van der Waals surface area contributed by atoms with Crippen molar-refractivity contribution >= 4 is 11.6 Å². The molecule has 0 aliphatic heterocycles. The van der Waals surface area contributed by atoms with Crippen LogP contribution in [0, 0.1) is 6.92 Å². The lowest BCUT2D eigenvalue weighted by Gasteiger charge is -2.17. The van der Waals surface area contributed by atoms with E-state index in [1.165, 1.54) is 12.4 Å². The summed E-state index contributed by atoms with van der Waals surface area (Å²) >= 11 is 0. The Kier molecular flexibility index (Phi) is 2.52. The summed E-state index contributed by atoms with van der Waals surface area (Å²) in [6.45, 7) is 3.97. The molecule has 1 aliphatic rings. The van der Waals surface area contributed by atoms with Gasteiger partial charge in [-0.1, -0.05) is 6.92 Å². The molecule has 1 aliphatic carbocycles. The molecule has 0 saturated heterocycles. The highest BCUT2D eigenvalue weighted by molar-refractivity contribution is 6.26. The van der Waals surface area contributed by atoms with Crippen LogP contribution in [0.4, 0.5) is 0 Å². The van der Waals surface area contributed by atoms with Crippen molar-refractivity contribution < 1.29 is 9.59 Å². The zero-order chi connectivity index (χ0) is 13.6. The minimum atomic E-state index is -0.219. The second-order valence-electron chi connectivity index (χ2n) is 4.59.